The Bertz CT molecular complexity index is 768. The summed E-state index contributed by atoms with van der Waals surface area (Å²) in [7, 11) is -6.68. The fourth-order valence-corrected chi connectivity index (χ4v) is 7.27. The van der Waals surface area contributed by atoms with Crippen molar-refractivity contribution in [2.45, 2.75) is 36.5 Å². The van der Waals surface area contributed by atoms with E-state index in [1.165, 1.54) is 4.31 Å². The molecule has 0 saturated carbocycles. The minimum Gasteiger partial charge on any atom is -0.228 e. The molecule has 2 heterocycles. The van der Waals surface area contributed by atoms with Gasteiger partial charge in [0.05, 0.1) is 15.9 Å². The normalized spacial score (nSPS) is 28.9. The molecule has 0 radical (unpaired) electrons. The minimum atomic E-state index is -3.60. The molecule has 0 N–H and O–H groups in total. The zero-order valence-electron chi connectivity index (χ0n) is 11.4. The number of aryl methyl sites for hydroxylation is 2. The summed E-state index contributed by atoms with van der Waals surface area (Å²) in [6, 6.07) is 4.82. The van der Waals surface area contributed by atoms with Crippen LogP contribution < -0.4 is 0 Å². The Hall–Kier alpha value is -0.920. The Balaban J connectivity index is 1.99. The van der Waals surface area contributed by atoms with Crippen LogP contribution in [0.25, 0.3) is 0 Å². The first-order valence-electron chi connectivity index (χ1n) is 6.52. The highest BCUT2D eigenvalue weighted by Crippen LogP contribution is 2.37. The maximum atomic E-state index is 12.7. The lowest BCUT2D eigenvalue weighted by Crippen LogP contribution is -2.44. The zero-order valence-corrected chi connectivity index (χ0v) is 13.0. The second kappa shape index (κ2) is 4.29. The van der Waals surface area contributed by atoms with E-state index in [4.69, 9.17) is 0 Å². The summed E-state index contributed by atoms with van der Waals surface area (Å²) in [6.45, 7) is 3.78. The summed E-state index contributed by atoms with van der Waals surface area (Å²) in [4.78, 5) is 0.285. The third kappa shape index (κ3) is 1.99. The van der Waals surface area contributed by atoms with Gasteiger partial charge in [0.15, 0.2) is 9.84 Å². The van der Waals surface area contributed by atoms with Gasteiger partial charge in [0.25, 0.3) is 0 Å². The van der Waals surface area contributed by atoms with Gasteiger partial charge in [-0.15, -0.1) is 0 Å². The molecule has 2 bridgehead atoms. The highest BCUT2D eigenvalue weighted by atomic mass is 32.2. The first-order chi connectivity index (χ1) is 9.22. The lowest BCUT2D eigenvalue weighted by Gasteiger charge is -2.26. The van der Waals surface area contributed by atoms with Crippen molar-refractivity contribution in [3.05, 3.63) is 29.3 Å². The molecule has 1 aromatic rings. The molecule has 2 aliphatic heterocycles. The average molecular weight is 315 g/mol. The van der Waals surface area contributed by atoms with Gasteiger partial charge in [0, 0.05) is 12.6 Å². The molecule has 2 unspecified atom stereocenters. The van der Waals surface area contributed by atoms with Crippen LogP contribution in [0.3, 0.4) is 0 Å². The van der Waals surface area contributed by atoms with Crippen molar-refractivity contribution in [1.82, 2.24) is 4.31 Å². The Labute approximate surface area is 119 Å². The molecule has 0 spiro atoms. The van der Waals surface area contributed by atoms with E-state index in [1.54, 1.807) is 19.1 Å². The molecular weight excluding hydrogens is 298 g/mol. The molecule has 0 aliphatic carbocycles. The number of sulfone groups is 1. The number of sulfonamides is 1. The highest BCUT2D eigenvalue weighted by Gasteiger charge is 2.52. The summed E-state index contributed by atoms with van der Waals surface area (Å²) < 4.78 is 50.2. The third-order valence-corrected chi connectivity index (χ3v) is 8.46. The van der Waals surface area contributed by atoms with E-state index < -0.39 is 31.2 Å². The van der Waals surface area contributed by atoms with E-state index in [9.17, 15) is 16.8 Å². The molecule has 7 heteroatoms. The van der Waals surface area contributed by atoms with Crippen LogP contribution in [0.15, 0.2) is 23.1 Å². The quantitative estimate of drug-likeness (QED) is 0.811. The van der Waals surface area contributed by atoms with Gasteiger partial charge in [0.2, 0.25) is 10.0 Å². The largest absolute Gasteiger partial charge is 0.243 e. The van der Waals surface area contributed by atoms with E-state index >= 15 is 0 Å². The van der Waals surface area contributed by atoms with Crippen molar-refractivity contribution in [2.24, 2.45) is 0 Å². The third-order valence-electron chi connectivity index (χ3n) is 4.18. The summed E-state index contributed by atoms with van der Waals surface area (Å²) >= 11 is 0. The Morgan fingerprint density at radius 2 is 1.95 bits per heavy atom. The molecule has 5 nitrogen and oxygen atoms in total. The van der Waals surface area contributed by atoms with E-state index in [2.05, 4.69) is 0 Å². The van der Waals surface area contributed by atoms with Gasteiger partial charge in [-0.25, -0.2) is 16.8 Å². The summed E-state index contributed by atoms with van der Waals surface area (Å²) in [5.74, 6) is -0.0399. The van der Waals surface area contributed by atoms with Crippen molar-refractivity contribution in [3.8, 4) is 0 Å². The zero-order chi connectivity index (χ0) is 14.7. The molecule has 0 amide bonds. The van der Waals surface area contributed by atoms with Crippen LogP contribution in [-0.2, 0) is 19.9 Å². The van der Waals surface area contributed by atoms with E-state index in [0.29, 0.717) is 12.0 Å². The van der Waals surface area contributed by atoms with Gasteiger partial charge >= 0.3 is 0 Å². The van der Waals surface area contributed by atoms with Crippen molar-refractivity contribution >= 4 is 19.9 Å². The van der Waals surface area contributed by atoms with Crippen molar-refractivity contribution in [1.29, 1.82) is 0 Å². The van der Waals surface area contributed by atoms with Gasteiger partial charge in [-0.1, -0.05) is 17.7 Å². The minimum absolute atomic E-state index is 0.0399. The van der Waals surface area contributed by atoms with E-state index in [0.717, 1.165) is 5.56 Å². The van der Waals surface area contributed by atoms with Gasteiger partial charge in [-0.3, -0.25) is 0 Å². The van der Waals surface area contributed by atoms with E-state index in [-0.39, 0.29) is 17.2 Å². The molecule has 110 valence electrons. The van der Waals surface area contributed by atoms with Gasteiger partial charge in [-0.2, -0.15) is 4.31 Å². The molecule has 3 rings (SSSR count). The van der Waals surface area contributed by atoms with Crippen LogP contribution in [0, 0.1) is 13.8 Å². The van der Waals surface area contributed by atoms with Gasteiger partial charge in [-0.05, 0) is 31.9 Å². The maximum absolute atomic E-state index is 12.7. The van der Waals surface area contributed by atoms with Gasteiger partial charge in [0.1, 0.15) is 0 Å². The van der Waals surface area contributed by atoms with Crippen LogP contribution in [0.1, 0.15) is 17.5 Å². The number of benzene rings is 1. The molecule has 0 aromatic heterocycles. The van der Waals surface area contributed by atoms with Crippen molar-refractivity contribution in [3.63, 3.8) is 0 Å². The highest BCUT2D eigenvalue weighted by molar-refractivity contribution is 7.93. The predicted molar refractivity (Wildman–Crippen MR) is 75.8 cm³/mol. The number of rotatable bonds is 2. The van der Waals surface area contributed by atoms with Gasteiger partial charge < -0.3 is 0 Å². The van der Waals surface area contributed by atoms with Crippen LogP contribution in [-0.4, -0.2) is 44.7 Å². The molecule has 20 heavy (non-hydrogen) atoms. The average Bonchev–Trinajstić information content (AvgIpc) is 2.83. The summed E-state index contributed by atoms with van der Waals surface area (Å²) in [6.07, 6.45) is 0.437. The van der Waals surface area contributed by atoms with Crippen LogP contribution >= 0.6 is 0 Å². The fourth-order valence-electron chi connectivity index (χ4n) is 3.17. The lowest BCUT2D eigenvalue weighted by atomic mass is 10.2. The Morgan fingerprint density at radius 3 is 2.45 bits per heavy atom. The van der Waals surface area contributed by atoms with E-state index in [1.807, 2.05) is 13.0 Å². The standard InChI is InChI=1S/C13H17NO4S2/c1-9-3-4-13(10(2)5-9)20(17,18)14-7-12-6-11(14)8-19(12,15)16/h3-5,11-12H,6-8H2,1-2H3. The Morgan fingerprint density at radius 1 is 1.25 bits per heavy atom. The Kier molecular flexibility index (Phi) is 3.01. The smallest absolute Gasteiger partial charge is 0.228 e. The second-order valence-electron chi connectivity index (χ2n) is 5.68. The topological polar surface area (TPSA) is 71.5 Å². The number of hydrogen-bond donors (Lipinski definition) is 0. The first kappa shape index (κ1) is 14.0. The van der Waals surface area contributed by atoms with Crippen LogP contribution in [0.5, 0.6) is 0 Å². The fraction of sp³-hybridized carbons (Fsp3) is 0.538. The van der Waals surface area contributed by atoms with Crippen molar-refractivity contribution < 1.29 is 16.8 Å². The predicted octanol–water partition coefficient (Wildman–Crippen LogP) is 0.863. The number of fused-ring (bicyclic) bond motifs is 2. The first-order valence-corrected chi connectivity index (χ1v) is 9.68. The monoisotopic (exact) mass is 315 g/mol. The number of nitrogens with zero attached hydrogens (tertiary/aromatic N) is 1. The van der Waals surface area contributed by atoms with Crippen molar-refractivity contribution in [2.75, 3.05) is 12.3 Å². The summed E-state index contributed by atoms with van der Waals surface area (Å²) in [5.41, 5.74) is 1.71. The molecule has 2 saturated heterocycles. The second-order valence-corrected chi connectivity index (χ2v) is 9.87. The maximum Gasteiger partial charge on any atom is 0.243 e. The molecule has 2 atom stereocenters. The van der Waals surface area contributed by atoms with Crippen LogP contribution in [0.4, 0.5) is 0 Å². The SMILES string of the molecule is Cc1ccc(S(=O)(=O)N2CC3CC2CS3(=O)=O)c(C)c1. The molecular formula is C13H17NO4S2. The molecule has 2 fully saturated rings. The lowest BCUT2D eigenvalue weighted by molar-refractivity contribution is 0.402. The van der Waals surface area contributed by atoms with Crippen LogP contribution in [0.2, 0.25) is 0 Å². The molecule has 2 aliphatic rings. The molecule has 1 aromatic carbocycles. The number of hydrogen-bond acceptors (Lipinski definition) is 4. The summed E-state index contributed by atoms with van der Waals surface area (Å²) in [5, 5.41) is -0.520.